The fourth-order valence-corrected chi connectivity index (χ4v) is 0.448. The maximum Gasteiger partial charge on any atom is 0.305 e. The quantitative estimate of drug-likeness (QED) is 0.613. The molecular weight excluding hydrogens is 153 g/mol. The van der Waals surface area contributed by atoms with Crippen LogP contribution in [0.15, 0.2) is 0 Å². The molecule has 1 unspecified atom stereocenters. The molecule has 0 aliphatic rings. The van der Waals surface area contributed by atoms with Gasteiger partial charge in [0.25, 0.3) is 6.36 Å². The van der Waals surface area contributed by atoms with Gasteiger partial charge in [0, 0.05) is 0 Å². The van der Waals surface area contributed by atoms with Crippen LogP contribution in [0.25, 0.3) is 0 Å². The van der Waals surface area contributed by atoms with Crippen molar-refractivity contribution in [3.63, 3.8) is 0 Å². The molecule has 66 valence electrons. The second kappa shape index (κ2) is 5.03. The van der Waals surface area contributed by atoms with Crippen molar-refractivity contribution in [3.8, 4) is 0 Å². The van der Waals surface area contributed by atoms with Gasteiger partial charge in [-0.2, -0.15) is 0 Å². The van der Waals surface area contributed by atoms with E-state index in [2.05, 4.69) is 9.57 Å². The summed E-state index contributed by atoms with van der Waals surface area (Å²) >= 11 is 0. The van der Waals surface area contributed by atoms with Crippen molar-refractivity contribution in [2.24, 2.45) is 0 Å². The van der Waals surface area contributed by atoms with Crippen LogP contribution < -0.4 is 5.48 Å². The third-order valence-electron chi connectivity index (χ3n) is 0.800. The molecule has 0 aromatic heterocycles. The molecule has 4 nitrogen and oxygen atoms in total. The first-order valence-electron chi connectivity index (χ1n) is 3.20. The molecule has 0 saturated carbocycles. The molecular formula is C6H12FNO3. The minimum atomic E-state index is -1.96. The van der Waals surface area contributed by atoms with Crippen molar-refractivity contribution >= 4 is 5.91 Å². The third-order valence-corrected chi connectivity index (χ3v) is 0.800. The smallest absolute Gasteiger partial charge is 0.305 e. The van der Waals surface area contributed by atoms with E-state index in [0.29, 0.717) is 0 Å². The van der Waals surface area contributed by atoms with E-state index < -0.39 is 12.3 Å². The van der Waals surface area contributed by atoms with E-state index >= 15 is 0 Å². The summed E-state index contributed by atoms with van der Waals surface area (Å²) in [6.07, 6.45) is -2.29. The summed E-state index contributed by atoms with van der Waals surface area (Å²) in [5.74, 6) is -0.929. The summed E-state index contributed by atoms with van der Waals surface area (Å²) < 4.78 is 17.0. The number of rotatable bonds is 4. The fraction of sp³-hybridized carbons (Fsp3) is 0.833. The van der Waals surface area contributed by atoms with Crippen molar-refractivity contribution in [1.29, 1.82) is 0 Å². The highest BCUT2D eigenvalue weighted by Gasteiger charge is 2.18. The van der Waals surface area contributed by atoms with E-state index in [9.17, 15) is 9.18 Å². The molecule has 0 aromatic carbocycles. The molecule has 0 radical (unpaired) electrons. The number of ether oxygens (including phenoxy) is 1. The van der Waals surface area contributed by atoms with Crippen LogP contribution in [0, 0.1) is 0 Å². The molecule has 1 atom stereocenters. The van der Waals surface area contributed by atoms with E-state index in [1.165, 1.54) is 7.11 Å². The number of hydroxylamine groups is 1. The molecule has 1 N–H and O–H groups in total. The Balaban J connectivity index is 3.64. The zero-order chi connectivity index (χ0) is 8.85. The second-order valence-electron chi connectivity index (χ2n) is 2.17. The Bertz CT molecular complexity index is 129. The van der Waals surface area contributed by atoms with Crippen LogP contribution in [0.1, 0.15) is 13.8 Å². The van der Waals surface area contributed by atoms with Crippen molar-refractivity contribution < 1.29 is 18.8 Å². The summed E-state index contributed by atoms with van der Waals surface area (Å²) in [6.45, 7) is 3.26. The Morgan fingerprint density at radius 1 is 1.55 bits per heavy atom. The number of nitrogens with one attached hydrogen (secondary N) is 1. The number of carbonyl (C=O) groups excluding carboxylic acids is 1. The fourth-order valence-electron chi connectivity index (χ4n) is 0.448. The van der Waals surface area contributed by atoms with Gasteiger partial charge >= 0.3 is 5.91 Å². The molecule has 1 amide bonds. The third kappa shape index (κ3) is 4.69. The van der Waals surface area contributed by atoms with Crippen LogP contribution >= 0.6 is 0 Å². The average Bonchev–Trinajstić information content (AvgIpc) is 1.86. The minimum absolute atomic E-state index is 0.326. The van der Waals surface area contributed by atoms with Gasteiger partial charge < -0.3 is 4.74 Å². The highest BCUT2D eigenvalue weighted by molar-refractivity contribution is 5.78. The lowest BCUT2D eigenvalue weighted by atomic mass is 10.5. The lowest BCUT2D eigenvalue weighted by molar-refractivity contribution is -0.160. The Hall–Kier alpha value is -0.680. The Morgan fingerprint density at radius 2 is 2.09 bits per heavy atom. The Kier molecular flexibility index (Phi) is 4.72. The summed E-state index contributed by atoms with van der Waals surface area (Å²) in [4.78, 5) is 14.7. The zero-order valence-electron chi connectivity index (χ0n) is 6.76. The van der Waals surface area contributed by atoms with E-state index in [0.717, 1.165) is 0 Å². The van der Waals surface area contributed by atoms with Gasteiger partial charge in [-0.25, -0.2) is 9.87 Å². The lowest BCUT2D eigenvalue weighted by Crippen LogP contribution is -2.34. The zero-order valence-corrected chi connectivity index (χ0v) is 6.76. The molecule has 11 heavy (non-hydrogen) atoms. The molecule has 0 heterocycles. The lowest BCUT2D eigenvalue weighted by Gasteiger charge is -2.11. The maximum absolute atomic E-state index is 12.5. The SMILES string of the molecule is CONC(=O)C(F)OC(C)C. The van der Waals surface area contributed by atoms with Crippen LogP contribution in [0.4, 0.5) is 4.39 Å². The molecule has 0 saturated heterocycles. The van der Waals surface area contributed by atoms with Crippen molar-refractivity contribution in [1.82, 2.24) is 5.48 Å². The first kappa shape index (κ1) is 10.3. The summed E-state index contributed by atoms with van der Waals surface area (Å²) in [7, 11) is 1.22. The normalized spacial score (nSPS) is 13.2. The standard InChI is InChI=1S/C6H12FNO3/c1-4(2)11-5(7)6(9)8-10-3/h4-5H,1-3H3,(H,8,9). The monoisotopic (exact) mass is 165 g/mol. The number of amides is 1. The van der Waals surface area contributed by atoms with E-state index in [4.69, 9.17) is 0 Å². The molecule has 0 rings (SSSR count). The number of carbonyl (C=O) groups is 1. The topological polar surface area (TPSA) is 47.6 Å². The van der Waals surface area contributed by atoms with Crippen LogP contribution in [0.3, 0.4) is 0 Å². The number of halogens is 1. The number of hydrogen-bond acceptors (Lipinski definition) is 3. The molecule has 0 aromatic rings. The van der Waals surface area contributed by atoms with E-state index in [1.54, 1.807) is 13.8 Å². The van der Waals surface area contributed by atoms with Gasteiger partial charge in [-0.05, 0) is 13.8 Å². The Labute approximate surface area is 64.6 Å². The van der Waals surface area contributed by atoms with Crippen LogP contribution in [0.2, 0.25) is 0 Å². The predicted octanol–water partition coefficient (Wildman–Crippen LogP) is 0.385. The van der Waals surface area contributed by atoms with Crippen LogP contribution in [-0.2, 0) is 14.4 Å². The number of alkyl halides is 1. The average molecular weight is 165 g/mol. The van der Waals surface area contributed by atoms with Crippen LogP contribution in [-0.4, -0.2) is 25.5 Å². The van der Waals surface area contributed by atoms with Crippen molar-refractivity contribution in [3.05, 3.63) is 0 Å². The molecule has 0 fully saturated rings. The summed E-state index contributed by atoms with van der Waals surface area (Å²) in [5.41, 5.74) is 1.81. The summed E-state index contributed by atoms with van der Waals surface area (Å²) in [6, 6.07) is 0. The van der Waals surface area contributed by atoms with E-state index in [1.807, 2.05) is 5.48 Å². The van der Waals surface area contributed by atoms with Gasteiger partial charge in [-0.3, -0.25) is 9.63 Å². The highest BCUT2D eigenvalue weighted by Crippen LogP contribution is 1.98. The van der Waals surface area contributed by atoms with Gasteiger partial charge in [-0.15, -0.1) is 0 Å². The molecule has 0 aliphatic carbocycles. The molecule has 5 heteroatoms. The van der Waals surface area contributed by atoms with Crippen LogP contribution in [0.5, 0.6) is 0 Å². The van der Waals surface area contributed by atoms with Gasteiger partial charge in [0.2, 0.25) is 0 Å². The van der Waals surface area contributed by atoms with Crippen molar-refractivity contribution in [2.75, 3.05) is 7.11 Å². The minimum Gasteiger partial charge on any atom is -0.338 e. The predicted molar refractivity (Wildman–Crippen MR) is 36.3 cm³/mol. The largest absolute Gasteiger partial charge is 0.338 e. The van der Waals surface area contributed by atoms with Gasteiger partial charge in [-0.1, -0.05) is 0 Å². The van der Waals surface area contributed by atoms with Gasteiger partial charge in [0.15, 0.2) is 0 Å². The Morgan fingerprint density at radius 3 is 2.45 bits per heavy atom. The first-order chi connectivity index (χ1) is 5.07. The second-order valence-corrected chi connectivity index (χ2v) is 2.17. The summed E-state index contributed by atoms with van der Waals surface area (Å²) in [5, 5.41) is 0. The van der Waals surface area contributed by atoms with Crippen molar-refractivity contribution in [2.45, 2.75) is 26.3 Å². The molecule has 0 bridgehead atoms. The van der Waals surface area contributed by atoms with Gasteiger partial charge in [0.1, 0.15) is 0 Å². The first-order valence-corrected chi connectivity index (χ1v) is 3.20. The molecule has 0 spiro atoms. The molecule has 0 aliphatic heterocycles. The number of hydrogen-bond donors (Lipinski definition) is 1. The maximum atomic E-state index is 12.5. The van der Waals surface area contributed by atoms with E-state index in [-0.39, 0.29) is 6.10 Å². The van der Waals surface area contributed by atoms with Gasteiger partial charge in [0.05, 0.1) is 13.2 Å². The highest BCUT2D eigenvalue weighted by atomic mass is 19.1.